The highest BCUT2D eigenvalue weighted by atomic mass is 32.2. The Balaban J connectivity index is 1.88. The second-order valence-electron chi connectivity index (χ2n) is 5.17. The second kappa shape index (κ2) is 7.33. The van der Waals surface area contributed by atoms with E-state index >= 15 is 0 Å². The number of hydrogen-bond donors (Lipinski definition) is 1. The average Bonchev–Trinajstić information content (AvgIpc) is 3.17. The topological polar surface area (TPSA) is 78.0 Å². The number of benzene rings is 1. The predicted molar refractivity (Wildman–Crippen MR) is 90.1 cm³/mol. The third-order valence-corrected chi connectivity index (χ3v) is 5.86. The summed E-state index contributed by atoms with van der Waals surface area (Å²) in [4.78, 5) is 12.8. The zero-order chi connectivity index (χ0) is 16.2. The van der Waals surface area contributed by atoms with Gasteiger partial charge >= 0.3 is 0 Å². The van der Waals surface area contributed by atoms with Crippen LogP contribution in [0, 0.1) is 0 Å². The molecule has 1 fully saturated rings. The Morgan fingerprint density at radius 1 is 1.39 bits per heavy atom. The number of carbonyl (C=O) groups excluding carboxylic acids is 1. The fourth-order valence-corrected chi connectivity index (χ4v) is 4.56. The average molecular weight is 350 g/mol. The van der Waals surface area contributed by atoms with E-state index in [0.29, 0.717) is 5.16 Å². The highest BCUT2D eigenvalue weighted by Gasteiger charge is 2.41. The fraction of sp³-hybridized carbons (Fsp3) is 0.429. The van der Waals surface area contributed by atoms with Crippen LogP contribution in [0.15, 0.2) is 35.5 Å². The molecular weight excluding hydrogens is 332 g/mol. The zero-order valence-corrected chi connectivity index (χ0v) is 14.5. The Kier molecular flexibility index (Phi) is 5.19. The molecule has 9 heteroatoms. The van der Waals surface area contributed by atoms with Crippen molar-refractivity contribution in [1.82, 2.24) is 29.2 Å². The maximum absolute atomic E-state index is 12.8. The summed E-state index contributed by atoms with van der Waals surface area (Å²) in [6, 6.07) is 9.85. The molecule has 0 aliphatic carbocycles. The van der Waals surface area contributed by atoms with Gasteiger partial charge in [-0.1, -0.05) is 55.4 Å². The fourth-order valence-electron chi connectivity index (χ4n) is 2.45. The number of H-pyrrole nitrogens is 1. The van der Waals surface area contributed by atoms with Crippen molar-refractivity contribution in [2.24, 2.45) is 0 Å². The molecule has 1 amide bonds. The van der Waals surface area contributed by atoms with Gasteiger partial charge < -0.3 is 0 Å². The van der Waals surface area contributed by atoms with E-state index in [0.717, 1.165) is 18.4 Å². The largest absolute Gasteiger partial charge is 0.272 e. The molecule has 23 heavy (non-hydrogen) atoms. The first kappa shape index (κ1) is 16.3. The minimum atomic E-state index is -0.199. The molecule has 0 saturated carbocycles. The summed E-state index contributed by atoms with van der Waals surface area (Å²) in [7, 11) is 1.96. The molecule has 0 radical (unpaired) electrons. The number of rotatable bonds is 6. The molecule has 3 rings (SSSR count). The number of carbonyl (C=O) groups is 1. The number of amides is 1. The smallest absolute Gasteiger partial charge is 0.253 e. The van der Waals surface area contributed by atoms with Crippen LogP contribution < -0.4 is 0 Å². The van der Waals surface area contributed by atoms with Crippen LogP contribution in [0.3, 0.4) is 0 Å². The Bertz CT molecular complexity index is 638. The number of aromatic nitrogens is 4. The zero-order valence-electron chi connectivity index (χ0n) is 12.9. The molecule has 1 aromatic heterocycles. The summed E-state index contributed by atoms with van der Waals surface area (Å²) in [5.41, 5.74) is 1.04. The summed E-state index contributed by atoms with van der Waals surface area (Å²) in [6.07, 6.45) is 1.83. The number of nitrogens with zero attached hydrogens (tertiary/aromatic N) is 5. The van der Waals surface area contributed by atoms with Gasteiger partial charge in [-0.3, -0.25) is 9.10 Å². The lowest BCUT2D eigenvalue weighted by Gasteiger charge is -2.24. The Hall–Kier alpha value is -1.58. The normalized spacial score (nSPS) is 20.2. The van der Waals surface area contributed by atoms with E-state index in [1.807, 2.05) is 46.0 Å². The molecule has 2 atom stereocenters. The molecule has 2 aromatic rings. The monoisotopic (exact) mass is 350 g/mol. The molecule has 2 heterocycles. The van der Waals surface area contributed by atoms with Crippen molar-refractivity contribution in [3.63, 3.8) is 0 Å². The van der Waals surface area contributed by atoms with E-state index in [4.69, 9.17) is 0 Å². The lowest BCUT2D eigenvalue weighted by molar-refractivity contribution is -0.128. The van der Waals surface area contributed by atoms with Crippen molar-refractivity contribution in [3.8, 4) is 0 Å². The van der Waals surface area contributed by atoms with Crippen LogP contribution in [0.25, 0.3) is 0 Å². The Morgan fingerprint density at radius 3 is 2.83 bits per heavy atom. The molecule has 1 aromatic carbocycles. The first-order valence-corrected chi connectivity index (χ1v) is 9.00. The molecule has 1 aliphatic rings. The highest BCUT2D eigenvalue weighted by Crippen LogP contribution is 2.45. The van der Waals surface area contributed by atoms with Gasteiger partial charge in [0.2, 0.25) is 5.16 Å². The summed E-state index contributed by atoms with van der Waals surface area (Å²) in [6.45, 7) is 2.09. The van der Waals surface area contributed by atoms with Crippen molar-refractivity contribution < 1.29 is 4.79 Å². The Labute approximate surface area is 143 Å². The van der Waals surface area contributed by atoms with Gasteiger partial charge in [0, 0.05) is 19.2 Å². The lowest BCUT2D eigenvalue weighted by Crippen LogP contribution is -2.32. The highest BCUT2D eigenvalue weighted by molar-refractivity contribution is 8.01. The van der Waals surface area contributed by atoms with E-state index in [1.54, 1.807) is 0 Å². The van der Waals surface area contributed by atoms with Gasteiger partial charge in [0.15, 0.2) is 0 Å². The number of nitrogens with one attached hydrogen (secondary N) is 1. The van der Waals surface area contributed by atoms with Gasteiger partial charge in [0.25, 0.3) is 5.91 Å². The van der Waals surface area contributed by atoms with Gasteiger partial charge in [-0.15, -0.1) is 10.2 Å². The van der Waals surface area contributed by atoms with Crippen molar-refractivity contribution in [3.05, 3.63) is 35.9 Å². The first-order valence-electron chi connectivity index (χ1n) is 7.39. The summed E-state index contributed by atoms with van der Waals surface area (Å²) < 4.78 is 3.84. The van der Waals surface area contributed by atoms with E-state index < -0.39 is 0 Å². The third kappa shape index (κ3) is 3.51. The molecule has 7 nitrogen and oxygen atoms in total. The standard InChI is InChI=1S/C14H18N6OS2/c1-3-7-11-12(21)20(23-19(11)2)13(10-8-5-4-6-9-10)22-14-15-17-18-16-14/h4-6,8-9,11,13H,3,7H2,1-2H3,(H,15,16,17,18). The van der Waals surface area contributed by atoms with Crippen LogP contribution in [0.5, 0.6) is 0 Å². The van der Waals surface area contributed by atoms with Gasteiger partial charge in [-0.05, 0) is 17.2 Å². The summed E-state index contributed by atoms with van der Waals surface area (Å²) >= 11 is 2.87. The maximum Gasteiger partial charge on any atom is 0.253 e. The van der Waals surface area contributed by atoms with Crippen LogP contribution in [-0.4, -0.2) is 48.2 Å². The molecule has 0 bridgehead atoms. The number of hydrogen-bond acceptors (Lipinski definition) is 7. The predicted octanol–water partition coefficient (Wildman–Crippen LogP) is 2.50. The van der Waals surface area contributed by atoms with Crippen LogP contribution in [0.1, 0.15) is 30.7 Å². The van der Waals surface area contributed by atoms with Crippen molar-refractivity contribution >= 4 is 29.8 Å². The first-order chi connectivity index (χ1) is 11.2. The number of aromatic amines is 1. The molecule has 1 aliphatic heterocycles. The van der Waals surface area contributed by atoms with E-state index in [2.05, 4.69) is 27.5 Å². The SMILES string of the molecule is CCCC1C(=O)N(C(Sc2nn[nH]n2)c2ccccc2)SN1C. The molecule has 2 unspecified atom stereocenters. The van der Waals surface area contributed by atoms with Gasteiger partial charge in [-0.25, -0.2) is 4.31 Å². The van der Waals surface area contributed by atoms with Crippen LogP contribution in [0.2, 0.25) is 0 Å². The van der Waals surface area contributed by atoms with Gasteiger partial charge in [0.1, 0.15) is 11.4 Å². The number of tetrazole rings is 1. The number of likely N-dealkylation sites (N-methyl/N-ethyl adjacent to an activating group) is 1. The minimum absolute atomic E-state index is 0.0814. The summed E-state index contributed by atoms with van der Waals surface area (Å²) in [5, 5.41) is 14.4. The molecule has 1 N–H and O–H groups in total. The van der Waals surface area contributed by atoms with E-state index in [1.165, 1.54) is 23.9 Å². The van der Waals surface area contributed by atoms with Crippen molar-refractivity contribution in [2.75, 3.05) is 7.05 Å². The molecule has 122 valence electrons. The maximum atomic E-state index is 12.8. The molecule has 1 saturated heterocycles. The van der Waals surface area contributed by atoms with Gasteiger partial charge in [0.05, 0.1) is 0 Å². The minimum Gasteiger partial charge on any atom is -0.272 e. The third-order valence-electron chi connectivity index (χ3n) is 3.56. The second-order valence-corrected chi connectivity index (χ2v) is 7.35. The van der Waals surface area contributed by atoms with Crippen LogP contribution in [0.4, 0.5) is 0 Å². The van der Waals surface area contributed by atoms with E-state index in [-0.39, 0.29) is 17.3 Å². The van der Waals surface area contributed by atoms with Crippen LogP contribution >= 0.6 is 23.9 Å². The summed E-state index contributed by atoms with van der Waals surface area (Å²) in [5.74, 6) is 0.129. The van der Waals surface area contributed by atoms with Crippen molar-refractivity contribution in [2.45, 2.75) is 36.3 Å². The number of thioether (sulfide) groups is 1. The van der Waals surface area contributed by atoms with Gasteiger partial charge in [-0.2, -0.15) is 5.21 Å². The molecular formula is C14H18N6OS2. The van der Waals surface area contributed by atoms with Crippen molar-refractivity contribution in [1.29, 1.82) is 0 Å². The Morgan fingerprint density at radius 2 is 2.17 bits per heavy atom. The van der Waals surface area contributed by atoms with E-state index in [9.17, 15) is 4.79 Å². The van der Waals surface area contributed by atoms with Crippen LogP contribution in [-0.2, 0) is 4.79 Å². The molecule has 0 spiro atoms. The lowest BCUT2D eigenvalue weighted by atomic mass is 10.1. The quantitative estimate of drug-likeness (QED) is 0.633.